The lowest BCUT2D eigenvalue weighted by molar-refractivity contribution is 0.199. The van der Waals surface area contributed by atoms with E-state index >= 15 is 0 Å². The monoisotopic (exact) mass is 156 g/mol. The molecule has 11 heavy (non-hydrogen) atoms. The molecule has 0 fully saturated rings. The molecule has 0 aliphatic carbocycles. The fourth-order valence-corrected chi connectivity index (χ4v) is 0.656. The first-order chi connectivity index (χ1) is 5.20. The summed E-state index contributed by atoms with van der Waals surface area (Å²) in [5.41, 5.74) is 0.859. The number of aromatic nitrogens is 2. The van der Waals surface area contributed by atoms with Crippen molar-refractivity contribution in [1.29, 1.82) is 0 Å². The number of aryl methyl sites for hydroxylation is 1. The van der Waals surface area contributed by atoms with E-state index in [4.69, 9.17) is 5.11 Å². The van der Waals surface area contributed by atoms with Crippen LogP contribution in [-0.2, 0) is 7.05 Å². The molecule has 0 saturated heterocycles. The summed E-state index contributed by atoms with van der Waals surface area (Å²) in [7, 11) is 1.83. The number of hydrogen-bond acceptors (Lipinski definition) is 2. The van der Waals surface area contributed by atoms with Crippen molar-refractivity contribution in [3.63, 3.8) is 0 Å². The van der Waals surface area contributed by atoms with Gasteiger partial charge in [0.15, 0.2) is 0 Å². The molecule has 1 aromatic heterocycles. The van der Waals surface area contributed by atoms with Gasteiger partial charge < -0.3 is 5.11 Å². The van der Waals surface area contributed by atoms with Crippen LogP contribution in [0, 0.1) is 0 Å². The summed E-state index contributed by atoms with van der Waals surface area (Å²) in [6.07, 6.45) is 3.05. The van der Waals surface area contributed by atoms with E-state index in [1.807, 2.05) is 20.9 Å². The molecule has 1 heterocycles. The van der Waals surface area contributed by atoms with E-state index in [2.05, 4.69) is 5.10 Å². The standard InChI is InChI=1S/C6H10N2O.C2H6/c1-5(9)6-3-7-8(2)4-6;1-2/h3-5,9H,1-2H3;1-2H3. The number of rotatable bonds is 1. The zero-order valence-corrected chi connectivity index (χ0v) is 7.57. The molecule has 0 aliphatic rings. The van der Waals surface area contributed by atoms with Crippen LogP contribution < -0.4 is 0 Å². The minimum Gasteiger partial charge on any atom is -0.389 e. The summed E-state index contributed by atoms with van der Waals surface area (Å²) in [6.45, 7) is 5.72. The molecule has 0 amide bonds. The molecule has 0 aromatic carbocycles. The molecule has 3 heteroatoms. The molecule has 0 saturated carbocycles. The highest BCUT2D eigenvalue weighted by molar-refractivity contribution is 5.05. The molecule has 0 radical (unpaired) electrons. The molecule has 1 atom stereocenters. The molecular formula is C8H16N2O. The van der Waals surface area contributed by atoms with Crippen molar-refractivity contribution in [2.45, 2.75) is 26.9 Å². The van der Waals surface area contributed by atoms with Gasteiger partial charge in [0.25, 0.3) is 0 Å². The van der Waals surface area contributed by atoms with Gasteiger partial charge in [-0.3, -0.25) is 4.68 Å². The van der Waals surface area contributed by atoms with E-state index in [0.717, 1.165) is 5.56 Å². The fraction of sp³-hybridized carbons (Fsp3) is 0.625. The molecule has 3 nitrogen and oxygen atoms in total. The Morgan fingerprint density at radius 3 is 2.27 bits per heavy atom. The third kappa shape index (κ3) is 3.18. The van der Waals surface area contributed by atoms with Crippen LogP contribution in [0.25, 0.3) is 0 Å². The Morgan fingerprint density at radius 2 is 2.09 bits per heavy atom. The minimum absolute atomic E-state index is 0.404. The van der Waals surface area contributed by atoms with Crippen molar-refractivity contribution < 1.29 is 5.11 Å². The molecule has 0 bridgehead atoms. The Kier molecular flexibility index (Phi) is 4.54. The highest BCUT2D eigenvalue weighted by Gasteiger charge is 2.00. The maximum atomic E-state index is 8.98. The van der Waals surface area contributed by atoms with Gasteiger partial charge in [-0.05, 0) is 6.92 Å². The largest absolute Gasteiger partial charge is 0.389 e. The molecule has 1 N–H and O–H groups in total. The number of hydrogen-bond donors (Lipinski definition) is 1. The van der Waals surface area contributed by atoms with Gasteiger partial charge in [0.2, 0.25) is 0 Å². The average Bonchev–Trinajstić information content (AvgIpc) is 2.40. The molecule has 0 spiro atoms. The highest BCUT2D eigenvalue weighted by atomic mass is 16.3. The molecule has 0 aliphatic heterocycles. The average molecular weight is 156 g/mol. The SMILES string of the molecule is CC.CC(O)c1cnn(C)c1. The Labute approximate surface area is 67.7 Å². The summed E-state index contributed by atoms with van der Waals surface area (Å²) < 4.78 is 1.67. The van der Waals surface area contributed by atoms with Gasteiger partial charge in [0.05, 0.1) is 12.3 Å². The first kappa shape index (κ1) is 10.2. The lowest BCUT2D eigenvalue weighted by Crippen LogP contribution is -1.87. The van der Waals surface area contributed by atoms with Crippen LogP contribution >= 0.6 is 0 Å². The Balaban J connectivity index is 0.000000461. The molecular weight excluding hydrogens is 140 g/mol. The maximum absolute atomic E-state index is 8.98. The van der Waals surface area contributed by atoms with E-state index in [1.54, 1.807) is 24.0 Å². The minimum atomic E-state index is -0.404. The van der Waals surface area contributed by atoms with Crippen LogP contribution in [0.4, 0.5) is 0 Å². The lowest BCUT2D eigenvalue weighted by Gasteiger charge is -1.95. The molecule has 1 unspecified atom stereocenters. The van der Waals surface area contributed by atoms with Crippen molar-refractivity contribution in [3.05, 3.63) is 18.0 Å². The van der Waals surface area contributed by atoms with Crippen molar-refractivity contribution in [2.24, 2.45) is 7.05 Å². The second-order valence-corrected chi connectivity index (χ2v) is 2.12. The Morgan fingerprint density at radius 1 is 1.55 bits per heavy atom. The van der Waals surface area contributed by atoms with E-state index in [1.165, 1.54) is 0 Å². The van der Waals surface area contributed by atoms with Crippen LogP contribution in [0.3, 0.4) is 0 Å². The second kappa shape index (κ2) is 4.91. The van der Waals surface area contributed by atoms with Gasteiger partial charge in [0.1, 0.15) is 0 Å². The third-order valence-electron chi connectivity index (χ3n) is 1.21. The van der Waals surface area contributed by atoms with E-state index in [0.29, 0.717) is 0 Å². The first-order valence-electron chi connectivity index (χ1n) is 3.87. The fourth-order valence-electron chi connectivity index (χ4n) is 0.656. The lowest BCUT2D eigenvalue weighted by atomic mass is 10.2. The Bertz CT molecular complexity index is 194. The van der Waals surface area contributed by atoms with Gasteiger partial charge in [-0.25, -0.2) is 0 Å². The zero-order valence-electron chi connectivity index (χ0n) is 7.57. The van der Waals surface area contributed by atoms with Crippen molar-refractivity contribution in [1.82, 2.24) is 9.78 Å². The third-order valence-corrected chi connectivity index (χ3v) is 1.21. The summed E-state index contributed by atoms with van der Waals surface area (Å²) in [4.78, 5) is 0. The summed E-state index contributed by atoms with van der Waals surface area (Å²) >= 11 is 0. The van der Waals surface area contributed by atoms with Crippen LogP contribution in [-0.4, -0.2) is 14.9 Å². The van der Waals surface area contributed by atoms with Crippen LogP contribution in [0.5, 0.6) is 0 Å². The van der Waals surface area contributed by atoms with Crippen LogP contribution in [0.1, 0.15) is 32.4 Å². The summed E-state index contributed by atoms with van der Waals surface area (Å²) in [5, 5.41) is 12.9. The van der Waals surface area contributed by atoms with Crippen molar-refractivity contribution in [3.8, 4) is 0 Å². The number of nitrogens with zero attached hydrogens (tertiary/aromatic N) is 2. The topological polar surface area (TPSA) is 38.1 Å². The van der Waals surface area contributed by atoms with Gasteiger partial charge in [-0.1, -0.05) is 13.8 Å². The normalized spacial score (nSPS) is 11.7. The van der Waals surface area contributed by atoms with Gasteiger partial charge in [0, 0.05) is 18.8 Å². The van der Waals surface area contributed by atoms with E-state index in [9.17, 15) is 0 Å². The van der Waals surface area contributed by atoms with Gasteiger partial charge in [-0.2, -0.15) is 5.10 Å². The van der Waals surface area contributed by atoms with Gasteiger partial charge >= 0.3 is 0 Å². The molecule has 1 aromatic rings. The smallest absolute Gasteiger partial charge is 0.0792 e. The van der Waals surface area contributed by atoms with E-state index in [-0.39, 0.29) is 0 Å². The Hall–Kier alpha value is -0.830. The highest BCUT2D eigenvalue weighted by Crippen LogP contribution is 2.08. The summed E-state index contributed by atoms with van der Waals surface area (Å²) in [5.74, 6) is 0. The zero-order chi connectivity index (χ0) is 8.85. The molecule has 64 valence electrons. The second-order valence-electron chi connectivity index (χ2n) is 2.12. The maximum Gasteiger partial charge on any atom is 0.0792 e. The summed E-state index contributed by atoms with van der Waals surface area (Å²) in [6, 6.07) is 0. The van der Waals surface area contributed by atoms with Crippen LogP contribution in [0.2, 0.25) is 0 Å². The van der Waals surface area contributed by atoms with Crippen LogP contribution in [0.15, 0.2) is 12.4 Å². The van der Waals surface area contributed by atoms with Crippen molar-refractivity contribution >= 4 is 0 Å². The predicted octanol–water partition coefficient (Wildman–Crippen LogP) is 1.50. The molecule has 1 rings (SSSR count). The number of aliphatic hydroxyl groups excluding tert-OH is 1. The predicted molar refractivity (Wildman–Crippen MR) is 45.2 cm³/mol. The van der Waals surface area contributed by atoms with Gasteiger partial charge in [-0.15, -0.1) is 0 Å². The van der Waals surface area contributed by atoms with Crippen molar-refractivity contribution in [2.75, 3.05) is 0 Å². The van der Waals surface area contributed by atoms with E-state index < -0.39 is 6.10 Å². The number of aliphatic hydroxyl groups is 1. The quantitative estimate of drug-likeness (QED) is 0.669. The first-order valence-corrected chi connectivity index (χ1v) is 3.87.